The minimum atomic E-state index is -0.0842. The maximum Gasteiger partial charge on any atom is 0.252 e. The van der Waals surface area contributed by atoms with Crippen molar-refractivity contribution < 1.29 is 4.74 Å². The van der Waals surface area contributed by atoms with E-state index in [9.17, 15) is 4.79 Å². The highest BCUT2D eigenvalue weighted by atomic mass is 16.5. The standard InChI is InChI=1S/C12H18N4O2/c17-11-7-10(8-13-9-1-2-9)14-12(15-11)16-3-5-18-6-4-16/h7,9,13H,1-6,8H2,(H,14,15,17). The third-order valence-electron chi connectivity index (χ3n) is 3.24. The molecule has 1 aliphatic carbocycles. The normalized spacial score (nSPS) is 20.1. The van der Waals surface area contributed by atoms with Gasteiger partial charge in [-0.3, -0.25) is 9.78 Å². The number of nitrogens with zero attached hydrogens (tertiary/aromatic N) is 2. The topological polar surface area (TPSA) is 70.2 Å². The summed E-state index contributed by atoms with van der Waals surface area (Å²) in [6.45, 7) is 3.61. The van der Waals surface area contributed by atoms with E-state index in [0.29, 0.717) is 31.7 Å². The molecule has 1 saturated carbocycles. The first-order chi connectivity index (χ1) is 8.81. The fourth-order valence-electron chi connectivity index (χ4n) is 2.05. The number of hydrogen-bond acceptors (Lipinski definition) is 5. The molecule has 0 aromatic carbocycles. The van der Waals surface area contributed by atoms with Gasteiger partial charge < -0.3 is 15.0 Å². The van der Waals surface area contributed by atoms with Crippen LogP contribution in [0, 0.1) is 0 Å². The predicted octanol–water partition coefficient (Wildman–Crippen LogP) is -0.141. The Morgan fingerprint density at radius 1 is 1.44 bits per heavy atom. The highest BCUT2D eigenvalue weighted by Crippen LogP contribution is 2.19. The second-order valence-corrected chi connectivity index (χ2v) is 4.81. The minimum absolute atomic E-state index is 0.0842. The maximum absolute atomic E-state index is 11.6. The van der Waals surface area contributed by atoms with Crippen LogP contribution in [-0.2, 0) is 11.3 Å². The van der Waals surface area contributed by atoms with Crippen LogP contribution in [0.3, 0.4) is 0 Å². The summed E-state index contributed by atoms with van der Waals surface area (Å²) in [6, 6.07) is 2.19. The summed E-state index contributed by atoms with van der Waals surface area (Å²) in [5.41, 5.74) is 0.728. The second kappa shape index (κ2) is 5.07. The molecule has 1 aliphatic heterocycles. The van der Waals surface area contributed by atoms with Crippen LogP contribution in [0.5, 0.6) is 0 Å². The molecular weight excluding hydrogens is 232 g/mol. The maximum atomic E-state index is 11.6. The quantitative estimate of drug-likeness (QED) is 0.778. The number of ether oxygens (including phenoxy) is 1. The van der Waals surface area contributed by atoms with Crippen molar-refractivity contribution in [2.45, 2.75) is 25.4 Å². The van der Waals surface area contributed by atoms with Crippen molar-refractivity contribution in [1.82, 2.24) is 15.3 Å². The van der Waals surface area contributed by atoms with E-state index in [2.05, 4.69) is 20.2 Å². The fourth-order valence-corrected chi connectivity index (χ4v) is 2.05. The molecule has 0 atom stereocenters. The van der Waals surface area contributed by atoms with Gasteiger partial charge in [0.25, 0.3) is 5.56 Å². The van der Waals surface area contributed by atoms with Crippen molar-refractivity contribution in [2.24, 2.45) is 0 Å². The molecule has 98 valence electrons. The summed E-state index contributed by atoms with van der Waals surface area (Å²) in [4.78, 5) is 21.0. The number of anilines is 1. The number of nitrogens with one attached hydrogen (secondary N) is 2. The molecule has 2 heterocycles. The van der Waals surface area contributed by atoms with Crippen LogP contribution in [0.4, 0.5) is 5.95 Å². The van der Waals surface area contributed by atoms with Gasteiger partial charge in [0.1, 0.15) is 0 Å². The van der Waals surface area contributed by atoms with E-state index in [0.717, 1.165) is 18.8 Å². The molecule has 0 bridgehead atoms. The van der Waals surface area contributed by atoms with Gasteiger partial charge in [0.05, 0.1) is 18.9 Å². The van der Waals surface area contributed by atoms with Gasteiger partial charge in [-0.15, -0.1) is 0 Å². The molecule has 2 N–H and O–H groups in total. The van der Waals surface area contributed by atoms with E-state index < -0.39 is 0 Å². The average Bonchev–Trinajstić information content (AvgIpc) is 3.21. The van der Waals surface area contributed by atoms with Crippen molar-refractivity contribution in [2.75, 3.05) is 31.2 Å². The van der Waals surface area contributed by atoms with Crippen LogP contribution in [0.1, 0.15) is 18.5 Å². The Balaban J connectivity index is 1.73. The van der Waals surface area contributed by atoms with E-state index in [1.165, 1.54) is 12.8 Å². The first-order valence-corrected chi connectivity index (χ1v) is 6.47. The first-order valence-electron chi connectivity index (χ1n) is 6.47. The van der Waals surface area contributed by atoms with Gasteiger partial charge in [-0.05, 0) is 12.8 Å². The second-order valence-electron chi connectivity index (χ2n) is 4.81. The lowest BCUT2D eigenvalue weighted by Gasteiger charge is -2.27. The summed E-state index contributed by atoms with van der Waals surface area (Å²) >= 11 is 0. The summed E-state index contributed by atoms with van der Waals surface area (Å²) < 4.78 is 5.30. The number of aromatic amines is 1. The molecule has 18 heavy (non-hydrogen) atoms. The Bertz CT molecular complexity index is 463. The number of morpholine rings is 1. The zero-order valence-electron chi connectivity index (χ0n) is 10.3. The Hall–Kier alpha value is -1.40. The average molecular weight is 250 g/mol. The fraction of sp³-hybridized carbons (Fsp3) is 0.667. The summed E-state index contributed by atoms with van der Waals surface area (Å²) in [6.07, 6.45) is 2.47. The molecule has 1 saturated heterocycles. The lowest BCUT2D eigenvalue weighted by atomic mass is 10.4. The molecule has 6 heteroatoms. The molecule has 0 spiro atoms. The Labute approximate surface area is 105 Å². The number of aromatic nitrogens is 2. The molecule has 2 aliphatic rings. The monoisotopic (exact) mass is 250 g/mol. The zero-order chi connectivity index (χ0) is 12.4. The van der Waals surface area contributed by atoms with Gasteiger partial charge in [-0.2, -0.15) is 0 Å². The van der Waals surface area contributed by atoms with E-state index >= 15 is 0 Å². The minimum Gasteiger partial charge on any atom is -0.378 e. The van der Waals surface area contributed by atoms with Crippen molar-refractivity contribution in [3.8, 4) is 0 Å². The summed E-state index contributed by atoms with van der Waals surface area (Å²) in [5.74, 6) is 0.665. The van der Waals surface area contributed by atoms with Crippen molar-refractivity contribution >= 4 is 5.95 Å². The van der Waals surface area contributed by atoms with E-state index in [-0.39, 0.29) is 5.56 Å². The van der Waals surface area contributed by atoms with Crippen LogP contribution < -0.4 is 15.8 Å². The van der Waals surface area contributed by atoms with Gasteiger partial charge >= 0.3 is 0 Å². The van der Waals surface area contributed by atoms with Crippen LogP contribution >= 0.6 is 0 Å². The van der Waals surface area contributed by atoms with E-state index in [1.54, 1.807) is 6.07 Å². The van der Waals surface area contributed by atoms with Gasteiger partial charge in [-0.1, -0.05) is 0 Å². The largest absolute Gasteiger partial charge is 0.378 e. The Morgan fingerprint density at radius 3 is 2.94 bits per heavy atom. The number of hydrogen-bond donors (Lipinski definition) is 2. The van der Waals surface area contributed by atoms with Gasteiger partial charge in [0, 0.05) is 31.7 Å². The van der Waals surface area contributed by atoms with Crippen LogP contribution in [0.2, 0.25) is 0 Å². The van der Waals surface area contributed by atoms with Crippen molar-refractivity contribution in [1.29, 1.82) is 0 Å². The van der Waals surface area contributed by atoms with Crippen LogP contribution in [0.15, 0.2) is 10.9 Å². The lowest BCUT2D eigenvalue weighted by Crippen LogP contribution is -2.38. The molecule has 1 aromatic heterocycles. The highest BCUT2D eigenvalue weighted by Gasteiger charge is 2.20. The molecule has 0 unspecified atom stereocenters. The van der Waals surface area contributed by atoms with Gasteiger partial charge in [-0.25, -0.2) is 4.98 Å². The molecule has 6 nitrogen and oxygen atoms in total. The van der Waals surface area contributed by atoms with Gasteiger partial charge in [0.2, 0.25) is 5.95 Å². The van der Waals surface area contributed by atoms with Crippen LogP contribution in [-0.4, -0.2) is 42.3 Å². The molecule has 0 amide bonds. The first kappa shape index (κ1) is 11.7. The zero-order valence-corrected chi connectivity index (χ0v) is 10.3. The third kappa shape index (κ3) is 2.88. The van der Waals surface area contributed by atoms with Gasteiger partial charge in [0.15, 0.2) is 0 Å². The molecule has 1 aromatic rings. The smallest absolute Gasteiger partial charge is 0.252 e. The summed E-state index contributed by atoms with van der Waals surface area (Å²) in [5, 5.41) is 3.37. The SMILES string of the molecule is O=c1cc(CNC2CC2)nc(N2CCOCC2)[nH]1. The summed E-state index contributed by atoms with van der Waals surface area (Å²) in [7, 11) is 0. The number of H-pyrrole nitrogens is 1. The van der Waals surface area contributed by atoms with Crippen molar-refractivity contribution in [3.63, 3.8) is 0 Å². The van der Waals surface area contributed by atoms with E-state index in [4.69, 9.17) is 4.74 Å². The molecular formula is C12H18N4O2. The third-order valence-corrected chi connectivity index (χ3v) is 3.24. The predicted molar refractivity (Wildman–Crippen MR) is 67.8 cm³/mol. The highest BCUT2D eigenvalue weighted by molar-refractivity contribution is 5.30. The Kier molecular flexibility index (Phi) is 3.29. The van der Waals surface area contributed by atoms with E-state index in [1.807, 2.05) is 0 Å². The lowest BCUT2D eigenvalue weighted by molar-refractivity contribution is 0.122. The van der Waals surface area contributed by atoms with Crippen LogP contribution in [0.25, 0.3) is 0 Å². The number of rotatable bonds is 4. The molecule has 0 radical (unpaired) electrons. The van der Waals surface area contributed by atoms with Crippen molar-refractivity contribution in [3.05, 3.63) is 22.1 Å². The molecule has 3 rings (SSSR count). The molecule has 2 fully saturated rings. The Morgan fingerprint density at radius 2 is 2.22 bits per heavy atom.